The number of anilines is 1. The molecule has 0 aliphatic rings. The Morgan fingerprint density at radius 3 is 2.12 bits per heavy atom. The molecule has 0 unspecified atom stereocenters. The first-order chi connectivity index (χ1) is 15.5. The van der Waals surface area contributed by atoms with Crippen molar-refractivity contribution < 1.29 is 19.2 Å². The molecule has 0 aliphatic carbocycles. The first kappa shape index (κ1) is 26.4. The Bertz CT molecular complexity index is 1040. The Morgan fingerprint density at radius 1 is 0.939 bits per heavy atom. The van der Waals surface area contributed by atoms with Gasteiger partial charge in [0.15, 0.2) is 0 Å². The predicted molar refractivity (Wildman–Crippen MR) is 130 cm³/mol. The van der Waals surface area contributed by atoms with Crippen molar-refractivity contribution in [3.05, 3.63) is 63.6 Å². The van der Waals surface area contributed by atoms with Crippen molar-refractivity contribution in [1.82, 2.24) is 10.2 Å². The maximum Gasteiger partial charge on any atom is 0.287 e. The lowest BCUT2D eigenvalue weighted by atomic mass is 10.1. The van der Waals surface area contributed by atoms with E-state index < -0.39 is 24.0 Å². The van der Waals surface area contributed by atoms with E-state index in [0.29, 0.717) is 33.4 Å². The summed E-state index contributed by atoms with van der Waals surface area (Å²) in [6.07, 6.45) is -0.594. The molecule has 0 aliphatic heterocycles. The number of hydrogen-bond acceptors (Lipinski definition) is 4. The summed E-state index contributed by atoms with van der Waals surface area (Å²) in [7, 11) is 3.29. The highest BCUT2D eigenvalue weighted by atomic mass is 35.5. The zero-order valence-corrected chi connectivity index (χ0v) is 20.5. The van der Waals surface area contributed by atoms with E-state index in [0.717, 1.165) is 0 Å². The molecule has 0 saturated heterocycles. The molecule has 7 nitrogen and oxygen atoms in total. The molecule has 0 aromatic heterocycles. The van der Waals surface area contributed by atoms with Gasteiger partial charge in [0.1, 0.15) is 0 Å². The number of ketones is 1. The van der Waals surface area contributed by atoms with Crippen molar-refractivity contribution >= 4 is 52.4 Å². The molecule has 0 radical (unpaired) electrons. The maximum absolute atomic E-state index is 13.1. The fourth-order valence-corrected chi connectivity index (χ4v) is 3.22. The molecule has 0 saturated carbocycles. The van der Waals surface area contributed by atoms with Crippen molar-refractivity contribution in [2.75, 3.05) is 25.5 Å². The minimum Gasteiger partial charge on any atom is -0.349 e. The molecule has 0 fully saturated rings. The average molecular weight is 492 g/mol. The SMILES string of the molecule is CC(C)CNC(=O)C(=O)CC(=O)N(Cc1ccc(Cl)c(Cl)c1)c1ccc(C(=O)N(C)C)cc1. The van der Waals surface area contributed by atoms with Gasteiger partial charge >= 0.3 is 0 Å². The Morgan fingerprint density at radius 2 is 1.58 bits per heavy atom. The average Bonchev–Trinajstić information content (AvgIpc) is 2.77. The van der Waals surface area contributed by atoms with E-state index in [2.05, 4.69) is 5.32 Å². The standard InChI is InChI=1S/C24H27Cl2N3O4/c1-15(2)13-27-23(32)21(30)12-22(31)29(14-16-5-10-19(25)20(26)11-16)18-8-6-17(7-9-18)24(33)28(3)4/h5-11,15H,12-14H2,1-4H3,(H,27,32). The van der Waals surface area contributed by atoms with Crippen LogP contribution in [-0.4, -0.2) is 49.0 Å². The quantitative estimate of drug-likeness (QED) is 0.424. The van der Waals surface area contributed by atoms with Crippen LogP contribution in [0.1, 0.15) is 36.2 Å². The molecule has 9 heteroatoms. The van der Waals surface area contributed by atoms with Crippen molar-refractivity contribution in [2.24, 2.45) is 5.92 Å². The van der Waals surface area contributed by atoms with Gasteiger partial charge in [0, 0.05) is 31.9 Å². The Balaban J connectivity index is 2.29. The number of hydrogen-bond donors (Lipinski definition) is 1. The second-order valence-corrected chi connectivity index (χ2v) is 8.99. The first-order valence-corrected chi connectivity index (χ1v) is 11.1. The summed E-state index contributed by atoms with van der Waals surface area (Å²) in [4.78, 5) is 52.5. The molecule has 2 rings (SSSR count). The van der Waals surface area contributed by atoms with Crippen molar-refractivity contribution in [1.29, 1.82) is 0 Å². The molecule has 1 N–H and O–H groups in total. The highest BCUT2D eigenvalue weighted by Gasteiger charge is 2.24. The largest absolute Gasteiger partial charge is 0.349 e. The molecule has 2 aromatic rings. The number of Topliss-reactive ketones (excluding diaryl/α,β-unsaturated/α-hetero) is 1. The van der Waals surface area contributed by atoms with Crippen LogP contribution < -0.4 is 10.2 Å². The summed E-state index contributed by atoms with van der Waals surface area (Å²) >= 11 is 12.1. The molecule has 0 spiro atoms. The third-order valence-electron chi connectivity index (χ3n) is 4.69. The first-order valence-electron chi connectivity index (χ1n) is 10.4. The second kappa shape index (κ2) is 11.8. The van der Waals surface area contributed by atoms with Crippen LogP contribution >= 0.6 is 23.2 Å². The maximum atomic E-state index is 13.1. The monoisotopic (exact) mass is 491 g/mol. The summed E-state index contributed by atoms with van der Waals surface area (Å²) in [6.45, 7) is 4.24. The number of nitrogens with one attached hydrogen (secondary N) is 1. The van der Waals surface area contributed by atoms with Crippen LogP contribution in [0.4, 0.5) is 5.69 Å². The van der Waals surface area contributed by atoms with Crippen LogP contribution in [0, 0.1) is 5.92 Å². The number of benzene rings is 2. The van der Waals surface area contributed by atoms with Gasteiger partial charge in [-0.15, -0.1) is 0 Å². The minimum atomic E-state index is -0.820. The van der Waals surface area contributed by atoms with E-state index in [-0.39, 0.29) is 18.4 Å². The van der Waals surface area contributed by atoms with Gasteiger partial charge in [0.2, 0.25) is 11.7 Å². The minimum absolute atomic E-state index is 0.0948. The zero-order valence-electron chi connectivity index (χ0n) is 19.0. The third kappa shape index (κ3) is 7.58. The van der Waals surface area contributed by atoms with Crippen LogP contribution in [0.15, 0.2) is 42.5 Å². The Kier molecular flexibility index (Phi) is 9.44. The predicted octanol–water partition coefficient (Wildman–Crippen LogP) is 3.96. The van der Waals surface area contributed by atoms with E-state index >= 15 is 0 Å². The van der Waals surface area contributed by atoms with E-state index in [9.17, 15) is 19.2 Å². The number of rotatable bonds is 9. The summed E-state index contributed by atoms with van der Waals surface area (Å²) in [6, 6.07) is 11.4. The molecular weight excluding hydrogens is 465 g/mol. The smallest absolute Gasteiger partial charge is 0.287 e. The Hall–Kier alpha value is -2.90. The highest BCUT2D eigenvalue weighted by molar-refractivity contribution is 6.42. The van der Waals surface area contributed by atoms with Gasteiger partial charge < -0.3 is 15.1 Å². The van der Waals surface area contributed by atoms with Crippen LogP contribution in [-0.2, 0) is 20.9 Å². The third-order valence-corrected chi connectivity index (χ3v) is 5.43. The van der Waals surface area contributed by atoms with Crippen LogP contribution in [0.2, 0.25) is 10.0 Å². The molecule has 176 valence electrons. The molecular formula is C24H27Cl2N3O4. The molecule has 2 aromatic carbocycles. The van der Waals surface area contributed by atoms with Crippen LogP contribution in [0.25, 0.3) is 0 Å². The molecule has 33 heavy (non-hydrogen) atoms. The lowest BCUT2D eigenvalue weighted by Gasteiger charge is -2.23. The van der Waals surface area contributed by atoms with Crippen molar-refractivity contribution in [2.45, 2.75) is 26.8 Å². The lowest BCUT2D eigenvalue weighted by molar-refractivity contribution is -0.140. The number of halogens is 2. The van der Waals surface area contributed by atoms with Gasteiger partial charge in [-0.2, -0.15) is 0 Å². The summed E-state index contributed by atoms with van der Waals surface area (Å²) in [5.74, 6) is -2.18. The number of carbonyl (C=O) groups is 4. The van der Waals surface area contributed by atoms with E-state index in [4.69, 9.17) is 23.2 Å². The fraction of sp³-hybridized carbons (Fsp3) is 0.333. The molecule has 0 atom stereocenters. The second-order valence-electron chi connectivity index (χ2n) is 8.18. The topological polar surface area (TPSA) is 86.8 Å². The number of nitrogens with zero attached hydrogens (tertiary/aromatic N) is 2. The number of amides is 3. The zero-order chi connectivity index (χ0) is 24.7. The molecule has 0 heterocycles. The number of carbonyl (C=O) groups excluding carboxylic acids is 4. The summed E-state index contributed by atoms with van der Waals surface area (Å²) in [5.41, 5.74) is 1.61. The normalized spacial score (nSPS) is 10.6. The van der Waals surface area contributed by atoms with Gasteiger partial charge in [-0.25, -0.2) is 0 Å². The van der Waals surface area contributed by atoms with Gasteiger partial charge in [-0.05, 0) is 47.9 Å². The van der Waals surface area contributed by atoms with Crippen LogP contribution in [0.3, 0.4) is 0 Å². The highest BCUT2D eigenvalue weighted by Crippen LogP contribution is 2.25. The van der Waals surface area contributed by atoms with Crippen molar-refractivity contribution in [3.63, 3.8) is 0 Å². The van der Waals surface area contributed by atoms with E-state index in [1.807, 2.05) is 13.8 Å². The van der Waals surface area contributed by atoms with Gasteiger partial charge in [-0.1, -0.05) is 43.1 Å². The van der Waals surface area contributed by atoms with E-state index in [1.54, 1.807) is 56.6 Å². The van der Waals surface area contributed by atoms with Gasteiger partial charge in [0.05, 0.1) is 23.0 Å². The van der Waals surface area contributed by atoms with Crippen molar-refractivity contribution in [3.8, 4) is 0 Å². The van der Waals surface area contributed by atoms with E-state index in [1.165, 1.54) is 9.80 Å². The van der Waals surface area contributed by atoms with Gasteiger partial charge in [0.25, 0.3) is 11.8 Å². The fourth-order valence-electron chi connectivity index (χ4n) is 2.89. The summed E-state index contributed by atoms with van der Waals surface area (Å²) < 4.78 is 0. The Labute approximate surface area is 203 Å². The van der Waals surface area contributed by atoms with Crippen LogP contribution in [0.5, 0.6) is 0 Å². The molecule has 0 bridgehead atoms. The molecule has 3 amide bonds. The lowest BCUT2D eigenvalue weighted by Crippen LogP contribution is -2.38. The summed E-state index contributed by atoms with van der Waals surface area (Å²) in [5, 5.41) is 3.23. The van der Waals surface area contributed by atoms with Gasteiger partial charge in [-0.3, -0.25) is 19.2 Å².